The average molecular weight is 476 g/mol. The van der Waals surface area contributed by atoms with Gasteiger partial charge >= 0.3 is 12.1 Å². The molecule has 0 radical (unpaired) electrons. The van der Waals surface area contributed by atoms with E-state index in [2.05, 4.69) is 27.9 Å². The van der Waals surface area contributed by atoms with E-state index in [1.54, 1.807) is 0 Å². The summed E-state index contributed by atoms with van der Waals surface area (Å²) in [5, 5.41) is 17.7. The predicted octanol–water partition coefficient (Wildman–Crippen LogP) is 3.70. The summed E-state index contributed by atoms with van der Waals surface area (Å²) in [5.41, 5.74) is 4.27. The van der Waals surface area contributed by atoms with Crippen LogP contribution in [0.2, 0.25) is 0 Å². The van der Waals surface area contributed by atoms with E-state index in [9.17, 15) is 14.4 Å². The van der Waals surface area contributed by atoms with Crippen molar-refractivity contribution in [1.29, 1.82) is 0 Å². The summed E-state index contributed by atoms with van der Waals surface area (Å²) < 4.78 is 10.5. The van der Waals surface area contributed by atoms with Crippen LogP contribution in [0.3, 0.4) is 0 Å². The van der Waals surface area contributed by atoms with Crippen LogP contribution >= 0.6 is 0 Å². The molecule has 180 valence electrons. The van der Waals surface area contributed by atoms with Gasteiger partial charge in [-0.25, -0.2) is 9.59 Å². The quantitative estimate of drug-likeness (QED) is 0.430. The molecule has 0 saturated heterocycles. The highest BCUT2D eigenvalue weighted by Crippen LogP contribution is 2.44. The van der Waals surface area contributed by atoms with Crippen LogP contribution in [0, 0.1) is 5.92 Å². The number of carbonyl (C=O) groups excluding carboxylic acids is 2. The van der Waals surface area contributed by atoms with Crippen molar-refractivity contribution in [2.24, 2.45) is 5.92 Å². The van der Waals surface area contributed by atoms with Crippen LogP contribution in [0.1, 0.15) is 52.6 Å². The zero-order chi connectivity index (χ0) is 24.4. The van der Waals surface area contributed by atoms with Crippen molar-refractivity contribution >= 4 is 18.0 Å². The largest absolute Gasteiger partial charge is 0.476 e. The number of nitrogens with zero attached hydrogens (tertiary/aromatic N) is 1. The molecule has 1 heterocycles. The smallest absolute Gasteiger partial charge is 0.407 e. The maximum absolute atomic E-state index is 12.8. The van der Waals surface area contributed by atoms with Crippen molar-refractivity contribution in [3.8, 4) is 11.1 Å². The van der Waals surface area contributed by atoms with Gasteiger partial charge in [0.15, 0.2) is 11.5 Å². The minimum Gasteiger partial charge on any atom is -0.476 e. The topological polar surface area (TPSA) is 131 Å². The van der Waals surface area contributed by atoms with Gasteiger partial charge in [-0.2, -0.15) is 0 Å². The fourth-order valence-electron chi connectivity index (χ4n) is 4.50. The van der Waals surface area contributed by atoms with Gasteiger partial charge in [-0.3, -0.25) is 4.79 Å². The molecule has 1 fully saturated rings. The van der Waals surface area contributed by atoms with E-state index in [1.165, 1.54) is 6.07 Å². The summed E-state index contributed by atoms with van der Waals surface area (Å²) in [6, 6.07) is 16.6. The van der Waals surface area contributed by atoms with E-state index in [1.807, 2.05) is 36.4 Å². The maximum Gasteiger partial charge on any atom is 0.407 e. The zero-order valence-electron chi connectivity index (χ0n) is 18.9. The highest BCUT2D eigenvalue weighted by Gasteiger charge is 2.32. The normalized spacial score (nSPS) is 15.1. The van der Waals surface area contributed by atoms with Gasteiger partial charge in [0.1, 0.15) is 12.6 Å². The Balaban J connectivity index is 1.20. The molecule has 0 aliphatic heterocycles. The lowest BCUT2D eigenvalue weighted by Crippen LogP contribution is -2.47. The SMILES string of the molecule is O=C(N[C@@H](CC1CC1)C(=O)NCc1cc(C(=O)O)no1)OCC1c2ccccc2-c2ccccc21. The van der Waals surface area contributed by atoms with Crippen LogP contribution in [-0.4, -0.2) is 40.9 Å². The molecule has 35 heavy (non-hydrogen) atoms. The van der Waals surface area contributed by atoms with Gasteiger partial charge in [0.05, 0.1) is 6.54 Å². The Hall–Kier alpha value is -4.14. The summed E-state index contributed by atoms with van der Waals surface area (Å²) in [7, 11) is 0. The summed E-state index contributed by atoms with van der Waals surface area (Å²) in [6.45, 7) is 0.125. The molecule has 0 bridgehead atoms. The number of hydrogen-bond donors (Lipinski definition) is 3. The second kappa shape index (κ2) is 9.61. The van der Waals surface area contributed by atoms with Crippen molar-refractivity contribution in [3.63, 3.8) is 0 Å². The first-order valence-corrected chi connectivity index (χ1v) is 11.6. The van der Waals surface area contributed by atoms with Crippen molar-refractivity contribution < 1.29 is 28.8 Å². The number of benzene rings is 2. The molecule has 9 nitrogen and oxygen atoms in total. The lowest BCUT2D eigenvalue weighted by Gasteiger charge is -2.19. The van der Waals surface area contributed by atoms with Gasteiger partial charge in [0.2, 0.25) is 5.91 Å². The molecule has 0 unspecified atom stereocenters. The second-order valence-corrected chi connectivity index (χ2v) is 8.90. The number of nitrogens with one attached hydrogen (secondary N) is 2. The van der Waals surface area contributed by atoms with E-state index < -0.39 is 24.0 Å². The monoisotopic (exact) mass is 475 g/mol. The van der Waals surface area contributed by atoms with Crippen LogP contribution in [0.5, 0.6) is 0 Å². The number of rotatable bonds is 9. The minimum absolute atomic E-state index is 0.0351. The summed E-state index contributed by atoms with van der Waals surface area (Å²) in [4.78, 5) is 36.4. The van der Waals surface area contributed by atoms with Crippen molar-refractivity contribution in [3.05, 3.63) is 77.2 Å². The molecular formula is C26H25N3O6. The minimum atomic E-state index is -1.21. The van der Waals surface area contributed by atoms with Gasteiger partial charge < -0.3 is 25.0 Å². The van der Waals surface area contributed by atoms with E-state index in [0.717, 1.165) is 35.1 Å². The van der Waals surface area contributed by atoms with Crippen molar-refractivity contribution in [2.75, 3.05) is 6.61 Å². The van der Waals surface area contributed by atoms with Gasteiger partial charge in [-0.05, 0) is 34.6 Å². The third-order valence-corrected chi connectivity index (χ3v) is 6.43. The molecule has 2 aliphatic carbocycles. The molecule has 2 aromatic carbocycles. The number of carbonyl (C=O) groups is 3. The average Bonchev–Trinajstić information content (AvgIpc) is 3.44. The van der Waals surface area contributed by atoms with E-state index >= 15 is 0 Å². The second-order valence-electron chi connectivity index (χ2n) is 8.90. The predicted molar refractivity (Wildman–Crippen MR) is 125 cm³/mol. The Morgan fingerprint density at radius 2 is 1.71 bits per heavy atom. The Morgan fingerprint density at radius 1 is 1.06 bits per heavy atom. The number of aromatic nitrogens is 1. The number of hydrogen-bond acceptors (Lipinski definition) is 6. The summed E-state index contributed by atoms with van der Waals surface area (Å²) >= 11 is 0. The number of amides is 2. The van der Waals surface area contributed by atoms with Gasteiger partial charge in [0, 0.05) is 12.0 Å². The third-order valence-electron chi connectivity index (χ3n) is 6.43. The molecular weight excluding hydrogens is 450 g/mol. The zero-order valence-corrected chi connectivity index (χ0v) is 18.9. The summed E-state index contributed by atoms with van der Waals surface area (Å²) in [6.07, 6.45) is 1.88. The van der Waals surface area contributed by atoms with E-state index in [4.69, 9.17) is 14.4 Å². The first kappa shape index (κ1) is 22.6. The first-order valence-electron chi connectivity index (χ1n) is 11.6. The van der Waals surface area contributed by atoms with Crippen LogP contribution < -0.4 is 10.6 Å². The Kier molecular flexibility index (Phi) is 6.22. The molecule has 0 spiro atoms. The third kappa shape index (κ3) is 5.03. The highest BCUT2D eigenvalue weighted by atomic mass is 16.5. The molecule has 1 aromatic heterocycles. The lowest BCUT2D eigenvalue weighted by atomic mass is 9.98. The van der Waals surface area contributed by atoms with E-state index in [0.29, 0.717) is 12.3 Å². The lowest BCUT2D eigenvalue weighted by molar-refractivity contribution is -0.123. The molecule has 9 heteroatoms. The number of fused-ring (bicyclic) bond motifs is 3. The van der Waals surface area contributed by atoms with E-state index in [-0.39, 0.29) is 30.5 Å². The molecule has 2 aliphatic rings. The number of carboxylic acid groups (broad SMARTS) is 1. The molecule has 1 saturated carbocycles. The Labute approximate surface area is 201 Å². The van der Waals surface area contributed by atoms with Crippen LogP contribution in [0.4, 0.5) is 4.79 Å². The Morgan fingerprint density at radius 3 is 2.31 bits per heavy atom. The fraction of sp³-hybridized carbons (Fsp3) is 0.308. The number of aromatic carboxylic acids is 1. The maximum atomic E-state index is 12.8. The van der Waals surface area contributed by atoms with Crippen LogP contribution in [-0.2, 0) is 16.1 Å². The van der Waals surface area contributed by atoms with Crippen LogP contribution in [0.25, 0.3) is 11.1 Å². The van der Waals surface area contributed by atoms with Crippen molar-refractivity contribution in [1.82, 2.24) is 15.8 Å². The number of alkyl carbamates (subject to hydrolysis) is 1. The first-order chi connectivity index (χ1) is 17.0. The highest BCUT2D eigenvalue weighted by molar-refractivity contribution is 5.86. The fourth-order valence-corrected chi connectivity index (χ4v) is 4.50. The van der Waals surface area contributed by atoms with Gasteiger partial charge in [0.25, 0.3) is 0 Å². The molecule has 1 atom stereocenters. The van der Waals surface area contributed by atoms with Gasteiger partial charge in [-0.15, -0.1) is 0 Å². The summed E-state index contributed by atoms with van der Waals surface area (Å²) in [5.74, 6) is -1.09. The molecule has 3 aromatic rings. The molecule has 5 rings (SSSR count). The van der Waals surface area contributed by atoms with Crippen molar-refractivity contribution in [2.45, 2.75) is 37.8 Å². The van der Waals surface area contributed by atoms with Crippen LogP contribution in [0.15, 0.2) is 59.1 Å². The number of carboxylic acids is 1. The standard InChI is InChI=1S/C26H25N3O6/c30-24(27-13-16-12-23(25(31)32)29-35-16)22(11-15-9-10-15)28-26(33)34-14-21-19-7-3-1-5-17(19)18-6-2-4-8-20(18)21/h1-8,12,15,21-22H,9-11,13-14H2,(H,27,30)(H,28,33)(H,31,32)/t22-/m0/s1. The molecule has 3 N–H and O–H groups in total. The van der Waals surface area contributed by atoms with Gasteiger partial charge in [-0.1, -0.05) is 66.5 Å². The number of ether oxygens (including phenoxy) is 1. The Bertz CT molecular complexity index is 1220. The molecule has 2 amide bonds.